The first kappa shape index (κ1) is 22.7. The Hall–Kier alpha value is -2.48. The molecule has 0 saturated carbocycles. The summed E-state index contributed by atoms with van der Waals surface area (Å²) in [7, 11) is 0. The Kier molecular flexibility index (Phi) is 7.08. The van der Waals surface area contributed by atoms with Crippen molar-refractivity contribution in [2.24, 2.45) is 0 Å². The molecule has 7 heteroatoms. The molecule has 2 fully saturated rings. The third-order valence-electron chi connectivity index (χ3n) is 6.18. The van der Waals surface area contributed by atoms with Crippen LogP contribution in [0, 0.1) is 6.92 Å². The number of ether oxygens (including phenoxy) is 1. The first-order valence-electron chi connectivity index (χ1n) is 11.0. The molecule has 2 saturated heterocycles. The van der Waals surface area contributed by atoms with Crippen LogP contribution in [-0.4, -0.2) is 61.1 Å². The van der Waals surface area contributed by atoms with Gasteiger partial charge in [0.25, 0.3) is 11.7 Å². The number of aryl methyl sites for hydroxylation is 1. The van der Waals surface area contributed by atoms with E-state index in [0.717, 1.165) is 54.9 Å². The van der Waals surface area contributed by atoms with Gasteiger partial charge in [-0.05, 0) is 24.6 Å². The molecular weight excluding hydrogens is 472 g/mol. The van der Waals surface area contributed by atoms with Crippen LogP contribution in [0.4, 0.5) is 0 Å². The zero-order chi connectivity index (χ0) is 22.7. The normalized spacial score (nSPS) is 21.3. The van der Waals surface area contributed by atoms with Crippen molar-refractivity contribution < 1.29 is 24.3 Å². The molecule has 32 heavy (non-hydrogen) atoms. The predicted molar refractivity (Wildman–Crippen MR) is 125 cm³/mol. The number of hydrogen-bond donors (Lipinski definition) is 2. The van der Waals surface area contributed by atoms with E-state index < -0.39 is 17.7 Å². The number of aliphatic hydroxyl groups excluding tert-OH is 1. The molecule has 0 unspecified atom stereocenters. The number of halogens is 1. The fourth-order valence-corrected chi connectivity index (χ4v) is 4.64. The van der Waals surface area contributed by atoms with Crippen molar-refractivity contribution in [2.75, 3.05) is 39.4 Å². The van der Waals surface area contributed by atoms with E-state index in [2.05, 4.69) is 15.9 Å². The van der Waals surface area contributed by atoms with Crippen molar-refractivity contribution in [1.29, 1.82) is 0 Å². The number of carbonyl (C=O) groups excluding carboxylic acids is 2. The second-order valence-corrected chi connectivity index (χ2v) is 9.29. The van der Waals surface area contributed by atoms with Crippen LogP contribution in [0.3, 0.4) is 0 Å². The van der Waals surface area contributed by atoms with Gasteiger partial charge < -0.3 is 19.6 Å². The van der Waals surface area contributed by atoms with Gasteiger partial charge in [0, 0.05) is 23.0 Å². The number of nitrogens with zero attached hydrogens (tertiary/aromatic N) is 1. The predicted octanol–water partition coefficient (Wildman–Crippen LogP) is 2.48. The molecule has 1 atom stereocenters. The van der Waals surface area contributed by atoms with Gasteiger partial charge in [-0.25, -0.2) is 0 Å². The van der Waals surface area contributed by atoms with E-state index in [1.165, 1.54) is 4.90 Å². The quantitative estimate of drug-likeness (QED) is 0.364. The molecule has 4 rings (SSSR count). The maximum absolute atomic E-state index is 13.1. The number of ketones is 1. The number of nitrogens with one attached hydrogen (secondary N) is 1. The fourth-order valence-electron chi connectivity index (χ4n) is 4.38. The van der Waals surface area contributed by atoms with E-state index in [0.29, 0.717) is 12.1 Å². The third kappa shape index (κ3) is 4.80. The summed E-state index contributed by atoms with van der Waals surface area (Å²) < 4.78 is 6.29. The minimum atomic E-state index is -0.630. The number of rotatable bonds is 6. The number of hydrogen-bond acceptors (Lipinski definition) is 4. The largest absolute Gasteiger partial charge is 0.507 e. The number of carbonyl (C=O) groups is 2. The molecule has 0 spiro atoms. The summed E-state index contributed by atoms with van der Waals surface area (Å²) in [4.78, 5) is 29.2. The highest BCUT2D eigenvalue weighted by atomic mass is 79.9. The van der Waals surface area contributed by atoms with Crippen molar-refractivity contribution >= 4 is 33.4 Å². The molecule has 2 heterocycles. The first-order chi connectivity index (χ1) is 15.5. The molecule has 1 amide bonds. The Balaban J connectivity index is 1.66. The van der Waals surface area contributed by atoms with E-state index in [4.69, 9.17) is 4.74 Å². The van der Waals surface area contributed by atoms with Crippen LogP contribution in [-0.2, 0) is 14.3 Å². The molecule has 2 aromatic rings. The smallest absolute Gasteiger partial charge is 0.295 e. The van der Waals surface area contributed by atoms with E-state index in [9.17, 15) is 14.7 Å². The summed E-state index contributed by atoms with van der Waals surface area (Å²) in [6, 6.07) is 14.3. The zero-order valence-electron chi connectivity index (χ0n) is 18.1. The lowest BCUT2D eigenvalue weighted by Gasteiger charge is -2.27. The van der Waals surface area contributed by atoms with Crippen molar-refractivity contribution in [3.8, 4) is 0 Å². The lowest BCUT2D eigenvalue weighted by Crippen LogP contribution is -3.14. The van der Waals surface area contributed by atoms with Crippen molar-refractivity contribution in [3.63, 3.8) is 0 Å². The summed E-state index contributed by atoms with van der Waals surface area (Å²) in [6.07, 6.45) is 0.781. The van der Waals surface area contributed by atoms with Gasteiger partial charge in [0.1, 0.15) is 18.8 Å². The maximum atomic E-state index is 13.1. The number of aliphatic hydroxyl groups is 1. The van der Waals surface area contributed by atoms with Crippen LogP contribution in [0.2, 0.25) is 0 Å². The van der Waals surface area contributed by atoms with Crippen LogP contribution >= 0.6 is 15.9 Å². The zero-order valence-corrected chi connectivity index (χ0v) is 19.7. The van der Waals surface area contributed by atoms with E-state index in [1.54, 1.807) is 29.2 Å². The van der Waals surface area contributed by atoms with E-state index >= 15 is 0 Å². The van der Waals surface area contributed by atoms with Crippen molar-refractivity contribution in [1.82, 2.24) is 4.90 Å². The van der Waals surface area contributed by atoms with Crippen molar-refractivity contribution in [3.05, 3.63) is 75.3 Å². The Morgan fingerprint density at radius 2 is 1.75 bits per heavy atom. The Morgan fingerprint density at radius 3 is 2.41 bits per heavy atom. The number of benzene rings is 2. The van der Waals surface area contributed by atoms with Crippen LogP contribution in [0.5, 0.6) is 0 Å². The van der Waals surface area contributed by atoms with Gasteiger partial charge in [-0.15, -0.1) is 0 Å². The van der Waals surface area contributed by atoms with E-state index in [-0.39, 0.29) is 11.3 Å². The second-order valence-electron chi connectivity index (χ2n) is 8.38. The van der Waals surface area contributed by atoms with Gasteiger partial charge in [-0.2, -0.15) is 0 Å². The summed E-state index contributed by atoms with van der Waals surface area (Å²) in [5.74, 6) is -1.32. The Labute approximate surface area is 196 Å². The van der Waals surface area contributed by atoms with Crippen LogP contribution in [0.25, 0.3) is 5.76 Å². The lowest BCUT2D eigenvalue weighted by atomic mass is 9.94. The van der Waals surface area contributed by atoms with Gasteiger partial charge in [0.2, 0.25) is 0 Å². The molecule has 0 aromatic heterocycles. The highest BCUT2D eigenvalue weighted by Crippen LogP contribution is 2.39. The summed E-state index contributed by atoms with van der Waals surface area (Å²) >= 11 is 3.39. The molecule has 168 valence electrons. The van der Waals surface area contributed by atoms with Crippen LogP contribution < -0.4 is 4.90 Å². The molecule has 0 bridgehead atoms. The Morgan fingerprint density at radius 1 is 1.09 bits per heavy atom. The number of likely N-dealkylation sites (tertiary alicyclic amines) is 1. The molecule has 0 radical (unpaired) electrons. The summed E-state index contributed by atoms with van der Waals surface area (Å²) in [6.45, 7) is 6.82. The topological polar surface area (TPSA) is 71.3 Å². The average Bonchev–Trinajstić information content (AvgIpc) is 3.05. The Bertz CT molecular complexity index is 1010. The highest BCUT2D eigenvalue weighted by Gasteiger charge is 2.45. The third-order valence-corrected chi connectivity index (χ3v) is 6.71. The highest BCUT2D eigenvalue weighted by molar-refractivity contribution is 9.10. The van der Waals surface area contributed by atoms with Gasteiger partial charge in [0.15, 0.2) is 0 Å². The molecule has 2 aromatic carbocycles. The summed E-state index contributed by atoms with van der Waals surface area (Å²) in [5, 5.41) is 11.1. The van der Waals surface area contributed by atoms with Crippen molar-refractivity contribution in [2.45, 2.75) is 19.4 Å². The molecule has 0 aliphatic carbocycles. The minimum absolute atomic E-state index is 0.136. The van der Waals surface area contributed by atoms with Gasteiger partial charge in [0.05, 0.1) is 31.4 Å². The summed E-state index contributed by atoms with van der Waals surface area (Å²) in [5.41, 5.74) is 2.59. The average molecular weight is 500 g/mol. The fraction of sp³-hybridized carbons (Fsp3) is 0.360. The van der Waals surface area contributed by atoms with Crippen LogP contribution in [0.15, 0.2) is 58.6 Å². The number of quaternary nitrogens is 1. The van der Waals surface area contributed by atoms with Crippen LogP contribution in [0.1, 0.15) is 29.2 Å². The maximum Gasteiger partial charge on any atom is 0.295 e. The SMILES string of the molecule is Cc1ccc([C@H]2C(=C(O)c3ccc(Br)cc3)C(=O)C(=O)N2CCC[NH+]2CCOCC2)cc1. The molecule has 2 aliphatic rings. The molecular formula is C25H28BrN2O4+. The van der Waals surface area contributed by atoms with Gasteiger partial charge >= 0.3 is 0 Å². The monoisotopic (exact) mass is 499 g/mol. The van der Waals surface area contributed by atoms with E-state index in [1.807, 2.05) is 31.2 Å². The standard InChI is InChI=1S/C25H27BrN2O4/c1-17-3-5-18(6-4-17)22-21(23(29)19-7-9-20(26)10-8-19)24(30)25(31)28(22)12-2-11-27-13-15-32-16-14-27/h3-10,22,29H,2,11-16H2,1H3/p+1/t22-/m0/s1. The number of morpholine rings is 1. The molecule has 2 N–H and O–H groups in total. The molecule has 6 nitrogen and oxygen atoms in total. The lowest BCUT2D eigenvalue weighted by molar-refractivity contribution is -0.908. The van der Waals surface area contributed by atoms with Gasteiger partial charge in [-0.3, -0.25) is 9.59 Å². The second kappa shape index (κ2) is 9.98. The van der Waals surface area contributed by atoms with Gasteiger partial charge in [-0.1, -0.05) is 57.9 Å². The minimum Gasteiger partial charge on any atom is -0.507 e. The molecule has 2 aliphatic heterocycles. The number of amides is 1. The number of Topliss-reactive ketones (excluding diaryl/α,β-unsaturated/α-hetero) is 1. The first-order valence-corrected chi connectivity index (χ1v) is 11.8.